The van der Waals surface area contributed by atoms with Crippen molar-refractivity contribution in [2.24, 2.45) is 5.92 Å². The molecule has 260 valence electrons. The highest BCUT2D eigenvalue weighted by molar-refractivity contribution is 7.89. The van der Waals surface area contributed by atoms with E-state index in [0.717, 1.165) is 48.6 Å². The smallest absolute Gasteiger partial charge is 0.246 e. The number of hydrogen-bond donors (Lipinski definition) is 2. The van der Waals surface area contributed by atoms with Crippen LogP contribution in [0.2, 0.25) is 0 Å². The zero-order valence-corrected chi connectivity index (χ0v) is 29.6. The summed E-state index contributed by atoms with van der Waals surface area (Å²) in [6.45, 7) is 17.0. The molecule has 3 aliphatic heterocycles. The summed E-state index contributed by atoms with van der Waals surface area (Å²) >= 11 is 0. The number of aromatic nitrogens is 2. The number of ether oxygens (including phenoxy) is 1. The van der Waals surface area contributed by atoms with E-state index in [2.05, 4.69) is 40.6 Å². The molecule has 5 rings (SSSR count). The summed E-state index contributed by atoms with van der Waals surface area (Å²) in [5.74, 6) is 0.381. The molecule has 4 heterocycles. The van der Waals surface area contributed by atoms with Gasteiger partial charge in [-0.15, -0.1) is 0 Å². The normalized spacial score (nSPS) is 21.1. The van der Waals surface area contributed by atoms with Gasteiger partial charge in [-0.05, 0) is 69.7 Å². The van der Waals surface area contributed by atoms with Crippen molar-refractivity contribution in [1.82, 2.24) is 34.5 Å². The molecular formula is C34H53N7O5S. The first kappa shape index (κ1) is 35.5. The summed E-state index contributed by atoms with van der Waals surface area (Å²) in [5, 5.41) is 7.91. The van der Waals surface area contributed by atoms with Gasteiger partial charge in [0, 0.05) is 63.6 Å². The molecule has 1 aromatic heterocycles. The van der Waals surface area contributed by atoms with Crippen LogP contribution in [0.5, 0.6) is 0 Å². The number of unbranched alkanes of at least 4 members (excludes halogenated alkanes) is 1. The highest BCUT2D eigenvalue weighted by Crippen LogP contribution is 2.35. The van der Waals surface area contributed by atoms with Crippen LogP contribution in [-0.4, -0.2) is 115 Å². The third kappa shape index (κ3) is 7.91. The Kier molecular flexibility index (Phi) is 11.4. The van der Waals surface area contributed by atoms with Gasteiger partial charge in [0.1, 0.15) is 11.6 Å². The summed E-state index contributed by atoms with van der Waals surface area (Å²) < 4.78 is 35.8. The van der Waals surface area contributed by atoms with Gasteiger partial charge in [0.15, 0.2) is 0 Å². The average molecular weight is 672 g/mol. The Balaban J connectivity index is 1.22. The van der Waals surface area contributed by atoms with Crippen LogP contribution in [0.3, 0.4) is 0 Å². The van der Waals surface area contributed by atoms with E-state index in [1.807, 2.05) is 23.4 Å². The molecule has 3 fully saturated rings. The molecule has 0 radical (unpaired) electrons. The first-order valence-corrected chi connectivity index (χ1v) is 18.7. The first-order valence-electron chi connectivity index (χ1n) is 17.3. The molecule has 13 heteroatoms. The maximum atomic E-state index is 13.6. The van der Waals surface area contributed by atoms with Crippen LogP contribution in [0.1, 0.15) is 69.8 Å². The van der Waals surface area contributed by atoms with E-state index in [4.69, 9.17) is 9.84 Å². The lowest BCUT2D eigenvalue weighted by atomic mass is 9.80. The molecule has 2 N–H and O–H groups in total. The number of nitrogens with zero attached hydrogens (tertiary/aromatic N) is 5. The Bertz CT molecular complexity index is 1490. The van der Waals surface area contributed by atoms with Gasteiger partial charge in [0.05, 0.1) is 29.5 Å². The predicted octanol–water partition coefficient (Wildman–Crippen LogP) is 2.61. The number of sulfonamides is 1. The second-order valence-electron chi connectivity index (χ2n) is 13.7. The van der Waals surface area contributed by atoms with Gasteiger partial charge >= 0.3 is 0 Å². The van der Waals surface area contributed by atoms with Crippen molar-refractivity contribution in [3.8, 4) is 5.69 Å². The third-order valence-electron chi connectivity index (χ3n) is 9.97. The van der Waals surface area contributed by atoms with Crippen LogP contribution in [-0.2, 0) is 30.9 Å². The Hall–Kier alpha value is -2.84. The van der Waals surface area contributed by atoms with Gasteiger partial charge in [0.2, 0.25) is 21.8 Å². The summed E-state index contributed by atoms with van der Waals surface area (Å²) in [5.41, 5.74) is 3.03. The monoisotopic (exact) mass is 671 g/mol. The SMILES string of the molecule is CCCCN1C(=O)C(CC(C)C)NC(=O)C12CCN(Cc1c(C)nn(-c3ccc(S(=O)(=O)NCCN4CCOCC4)cc3)c1C)CC2. The maximum Gasteiger partial charge on any atom is 0.246 e. The minimum Gasteiger partial charge on any atom is -0.379 e. The number of morpholine rings is 1. The van der Waals surface area contributed by atoms with E-state index < -0.39 is 21.6 Å². The molecule has 1 atom stereocenters. The molecule has 0 aliphatic carbocycles. The Labute approximate surface area is 280 Å². The number of aryl methyl sites for hydroxylation is 1. The number of hydrogen-bond acceptors (Lipinski definition) is 8. The topological polar surface area (TPSA) is 129 Å². The molecular weight excluding hydrogens is 618 g/mol. The van der Waals surface area contributed by atoms with Crippen LogP contribution in [0.15, 0.2) is 29.2 Å². The Morgan fingerprint density at radius 3 is 2.34 bits per heavy atom. The number of rotatable bonds is 13. The molecule has 1 spiro atoms. The second kappa shape index (κ2) is 15.1. The molecule has 2 amide bonds. The lowest BCUT2D eigenvalue weighted by Crippen LogP contribution is -2.73. The molecule has 1 unspecified atom stereocenters. The lowest BCUT2D eigenvalue weighted by Gasteiger charge is -2.52. The zero-order valence-electron chi connectivity index (χ0n) is 28.8. The maximum absolute atomic E-state index is 13.6. The van der Waals surface area contributed by atoms with E-state index in [0.29, 0.717) is 77.7 Å². The molecule has 3 saturated heterocycles. The van der Waals surface area contributed by atoms with E-state index in [-0.39, 0.29) is 16.7 Å². The van der Waals surface area contributed by atoms with Gasteiger partial charge in [-0.2, -0.15) is 5.10 Å². The zero-order chi connectivity index (χ0) is 33.8. The largest absolute Gasteiger partial charge is 0.379 e. The van der Waals surface area contributed by atoms with Crippen molar-refractivity contribution in [1.29, 1.82) is 0 Å². The lowest BCUT2D eigenvalue weighted by molar-refractivity contribution is -0.161. The molecule has 3 aliphatic rings. The Morgan fingerprint density at radius 1 is 1.02 bits per heavy atom. The van der Waals surface area contributed by atoms with Crippen LogP contribution in [0.4, 0.5) is 0 Å². The molecule has 2 aromatic rings. The van der Waals surface area contributed by atoms with Crippen molar-refractivity contribution in [2.45, 2.75) is 89.7 Å². The summed E-state index contributed by atoms with van der Waals surface area (Å²) in [4.78, 5) is 33.9. The van der Waals surface area contributed by atoms with Crippen molar-refractivity contribution in [3.63, 3.8) is 0 Å². The number of amides is 2. The van der Waals surface area contributed by atoms with E-state index in [1.165, 1.54) is 0 Å². The van der Waals surface area contributed by atoms with Crippen molar-refractivity contribution in [3.05, 3.63) is 41.2 Å². The molecule has 0 bridgehead atoms. The fourth-order valence-corrected chi connectivity index (χ4v) is 8.14. The standard InChI is InChI=1S/C34H53N7O5S/c1-6-7-15-40-32(42)31(23-25(2)3)36-33(43)34(40)12-16-39(17-13-34)24-30-26(4)37-41(27(30)5)28-8-10-29(11-9-28)47(44,45)35-14-18-38-19-21-46-22-20-38/h8-11,25,31,35H,6-7,12-24H2,1-5H3,(H,36,43). The number of benzene rings is 1. The molecule has 47 heavy (non-hydrogen) atoms. The van der Waals surface area contributed by atoms with E-state index in [1.54, 1.807) is 24.3 Å². The van der Waals surface area contributed by atoms with Gasteiger partial charge in [0.25, 0.3) is 0 Å². The number of piperazine rings is 1. The van der Waals surface area contributed by atoms with Crippen LogP contribution >= 0.6 is 0 Å². The average Bonchev–Trinajstić information content (AvgIpc) is 3.33. The van der Waals surface area contributed by atoms with Gasteiger partial charge in [-0.25, -0.2) is 17.8 Å². The number of likely N-dealkylation sites (tertiary alicyclic amines) is 1. The molecule has 0 saturated carbocycles. The van der Waals surface area contributed by atoms with E-state index >= 15 is 0 Å². The number of nitrogens with one attached hydrogen (secondary N) is 2. The van der Waals surface area contributed by atoms with E-state index in [9.17, 15) is 18.0 Å². The highest BCUT2D eigenvalue weighted by atomic mass is 32.2. The molecule has 1 aromatic carbocycles. The molecule has 12 nitrogen and oxygen atoms in total. The fraction of sp³-hybridized carbons (Fsp3) is 0.676. The fourth-order valence-electron chi connectivity index (χ4n) is 7.12. The van der Waals surface area contributed by atoms with Crippen molar-refractivity contribution >= 4 is 21.8 Å². The van der Waals surface area contributed by atoms with Crippen LogP contribution in [0, 0.1) is 19.8 Å². The van der Waals surface area contributed by atoms with Gasteiger partial charge in [-0.1, -0.05) is 27.2 Å². The van der Waals surface area contributed by atoms with Crippen molar-refractivity contribution < 1.29 is 22.7 Å². The minimum absolute atomic E-state index is 0.00329. The minimum atomic E-state index is -3.63. The second-order valence-corrected chi connectivity index (χ2v) is 15.5. The Morgan fingerprint density at radius 2 is 1.70 bits per heavy atom. The van der Waals surface area contributed by atoms with Gasteiger partial charge < -0.3 is 15.0 Å². The number of carbonyl (C=O) groups is 2. The number of piperidine rings is 1. The first-order chi connectivity index (χ1) is 22.4. The van der Waals surface area contributed by atoms with Crippen molar-refractivity contribution in [2.75, 3.05) is 59.0 Å². The quantitative estimate of drug-likeness (QED) is 0.333. The summed E-state index contributed by atoms with van der Waals surface area (Å²) in [7, 11) is -3.63. The van der Waals surface area contributed by atoms with Crippen LogP contribution < -0.4 is 10.0 Å². The summed E-state index contributed by atoms with van der Waals surface area (Å²) in [6, 6.07) is 6.39. The van der Waals surface area contributed by atoms with Gasteiger partial charge in [-0.3, -0.25) is 19.4 Å². The predicted molar refractivity (Wildman–Crippen MR) is 181 cm³/mol. The third-order valence-corrected chi connectivity index (χ3v) is 11.4. The van der Waals surface area contributed by atoms with Crippen LogP contribution in [0.25, 0.3) is 5.69 Å². The summed E-state index contributed by atoms with van der Waals surface area (Å²) in [6.07, 6.45) is 3.71. The highest BCUT2D eigenvalue weighted by Gasteiger charge is 2.53. The number of carbonyl (C=O) groups excluding carboxylic acids is 2.